The van der Waals surface area contributed by atoms with Gasteiger partial charge < -0.3 is 5.32 Å². The number of allylic oxidation sites excluding steroid dienone is 2. The Labute approximate surface area is 276 Å². The maximum Gasteiger partial charge on any atom is 0.289 e. The molecule has 6 unspecified atom stereocenters. The summed E-state index contributed by atoms with van der Waals surface area (Å²) in [6.45, 7) is 16.7. The Bertz CT molecular complexity index is 1400. The van der Waals surface area contributed by atoms with Gasteiger partial charge in [-0.2, -0.15) is 0 Å². The van der Waals surface area contributed by atoms with Gasteiger partial charge in [-0.25, -0.2) is 0 Å². The highest BCUT2D eigenvalue weighted by Crippen LogP contribution is 2.71. The fourth-order valence-electron chi connectivity index (χ4n) is 11.2. The average molecular weight is 634 g/mol. The molecule has 5 aliphatic rings. The zero-order valence-electron chi connectivity index (χ0n) is 28.9. The van der Waals surface area contributed by atoms with Gasteiger partial charge in [0.1, 0.15) is 0 Å². The minimum Gasteiger partial charge on any atom is -0.340 e. The van der Waals surface area contributed by atoms with Crippen LogP contribution in [0, 0.1) is 45.3 Å². The summed E-state index contributed by atoms with van der Waals surface area (Å²) >= 11 is 6.15. The molecule has 5 aliphatic carbocycles. The standard InChI is InChI=1S/C40H56ClNO3/c1-25(2)32-31(43)24-39(34(44)35(45)42-40(22-23-40)27-11-13-28(41)14-12-27)21-20-38(7)30(33(32)39)16-15-29-26(3)10-8-17-36(4,5)18-9-19-37(29,38)6/h11-14,25-26,29-30H,8-10,15-24H2,1-7H3,(H,42,45). The lowest BCUT2D eigenvalue weighted by Gasteiger charge is -2.65. The molecule has 246 valence electrons. The highest BCUT2D eigenvalue weighted by atomic mass is 35.5. The van der Waals surface area contributed by atoms with Crippen LogP contribution in [0.4, 0.5) is 0 Å². The first kappa shape index (κ1) is 33.0. The van der Waals surface area contributed by atoms with E-state index >= 15 is 0 Å². The maximum atomic E-state index is 14.6. The van der Waals surface area contributed by atoms with Crippen LogP contribution in [-0.4, -0.2) is 17.5 Å². The Morgan fingerprint density at radius 2 is 1.51 bits per heavy atom. The molecule has 5 heteroatoms. The van der Waals surface area contributed by atoms with Crippen LogP contribution in [0.1, 0.15) is 138 Å². The zero-order chi connectivity index (χ0) is 32.6. The monoisotopic (exact) mass is 633 g/mol. The Hall–Kier alpha value is -1.94. The molecular formula is C40H56ClNO3. The molecule has 4 nitrogen and oxygen atoms in total. The van der Waals surface area contributed by atoms with Crippen molar-refractivity contribution in [2.45, 2.75) is 137 Å². The molecule has 0 aromatic heterocycles. The number of hydrogen-bond acceptors (Lipinski definition) is 3. The van der Waals surface area contributed by atoms with E-state index in [0.29, 0.717) is 28.7 Å². The lowest BCUT2D eigenvalue weighted by Crippen LogP contribution is -2.59. The van der Waals surface area contributed by atoms with E-state index in [4.69, 9.17) is 11.6 Å². The summed E-state index contributed by atoms with van der Waals surface area (Å²) in [5.41, 5.74) is 1.86. The number of fused-ring (bicyclic) bond motifs is 5. The second kappa shape index (κ2) is 11.3. The summed E-state index contributed by atoms with van der Waals surface area (Å²) in [5.74, 6) is 0.687. The van der Waals surface area contributed by atoms with E-state index in [1.807, 2.05) is 24.3 Å². The molecule has 0 radical (unpaired) electrons. The number of amides is 1. The highest BCUT2D eigenvalue weighted by molar-refractivity contribution is 6.40. The van der Waals surface area contributed by atoms with E-state index in [1.54, 1.807) is 0 Å². The van der Waals surface area contributed by atoms with E-state index < -0.39 is 16.9 Å². The Morgan fingerprint density at radius 1 is 0.844 bits per heavy atom. The lowest BCUT2D eigenvalue weighted by molar-refractivity contribution is -0.153. The van der Waals surface area contributed by atoms with E-state index in [9.17, 15) is 14.4 Å². The van der Waals surface area contributed by atoms with Gasteiger partial charge >= 0.3 is 0 Å². The third kappa shape index (κ3) is 5.28. The van der Waals surface area contributed by atoms with E-state index in [1.165, 1.54) is 38.5 Å². The zero-order valence-corrected chi connectivity index (χ0v) is 29.7. The fourth-order valence-corrected chi connectivity index (χ4v) is 11.3. The molecule has 4 fully saturated rings. The van der Waals surface area contributed by atoms with Gasteiger partial charge in [0.05, 0.1) is 11.0 Å². The van der Waals surface area contributed by atoms with Crippen LogP contribution < -0.4 is 5.32 Å². The molecule has 4 saturated carbocycles. The Balaban J connectivity index is 1.37. The lowest BCUT2D eigenvalue weighted by atomic mass is 9.39. The van der Waals surface area contributed by atoms with Gasteiger partial charge in [-0.1, -0.05) is 91.5 Å². The fraction of sp³-hybridized carbons (Fsp3) is 0.725. The molecule has 1 aromatic carbocycles. The minimum atomic E-state index is -1.01. The van der Waals surface area contributed by atoms with Crippen molar-refractivity contribution in [1.82, 2.24) is 5.32 Å². The number of carbonyl (C=O) groups excluding carboxylic acids is 3. The summed E-state index contributed by atoms with van der Waals surface area (Å²) in [4.78, 5) is 42.6. The number of Topliss-reactive ketones (excluding diaryl/α,β-unsaturated/α-hetero) is 2. The van der Waals surface area contributed by atoms with Crippen LogP contribution >= 0.6 is 11.6 Å². The van der Waals surface area contributed by atoms with Crippen LogP contribution in [0.15, 0.2) is 35.4 Å². The smallest absolute Gasteiger partial charge is 0.289 e. The quantitative estimate of drug-likeness (QED) is 0.328. The molecule has 45 heavy (non-hydrogen) atoms. The van der Waals surface area contributed by atoms with E-state index in [2.05, 4.69) is 53.8 Å². The Morgan fingerprint density at radius 3 is 2.16 bits per heavy atom. The normalized spacial score (nSPS) is 37.4. The SMILES string of the molecule is CC(C)C1=C2C3CCC4C(C)CCCC(C)(C)CCCC4(C)C3(C)CCC2(C(=O)C(=O)NC2(c3ccc(Cl)cc3)CC2)CC1=O. The number of benzene rings is 1. The minimum absolute atomic E-state index is 0.0190. The van der Waals surface area contributed by atoms with Gasteiger partial charge in [-0.15, -0.1) is 0 Å². The number of ketones is 2. The molecule has 6 rings (SSSR count). The number of hydrogen-bond donors (Lipinski definition) is 1. The van der Waals surface area contributed by atoms with Gasteiger partial charge in [-0.3, -0.25) is 14.4 Å². The molecule has 6 atom stereocenters. The summed E-state index contributed by atoms with van der Waals surface area (Å²) in [5, 5.41) is 3.83. The summed E-state index contributed by atoms with van der Waals surface area (Å²) in [6, 6.07) is 7.59. The largest absolute Gasteiger partial charge is 0.340 e. The number of nitrogens with one attached hydrogen (secondary N) is 1. The molecule has 0 saturated heterocycles. The second-order valence-corrected chi connectivity index (χ2v) is 17.9. The first-order chi connectivity index (χ1) is 21.1. The van der Waals surface area contributed by atoms with Crippen molar-refractivity contribution in [3.8, 4) is 0 Å². The van der Waals surface area contributed by atoms with Crippen molar-refractivity contribution >= 4 is 29.1 Å². The molecule has 0 spiro atoms. The Kier molecular flexibility index (Phi) is 8.31. The van der Waals surface area contributed by atoms with Gasteiger partial charge in [0, 0.05) is 11.4 Å². The van der Waals surface area contributed by atoms with Crippen LogP contribution in [-0.2, 0) is 19.9 Å². The van der Waals surface area contributed by atoms with Crippen molar-refractivity contribution in [3.05, 3.63) is 46.0 Å². The van der Waals surface area contributed by atoms with Crippen LogP contribution in [0.2, 0.25) is 5.02 Å². The van der Waals surface area contributed by atoms with Crippen molar-refractivity contribution in [1.29, 1.82) is 0 Å². The van der Waals surface area contributed by atoms with E-state index in [0.717, 1.165) is 48.8 Å². The summed E-state index contributed by atoms with van der Waals surface area (Å²) < 4.78 is 0. The number of rotatable bonds is 5. The molecule has 1 N–H and O–H groups in total. The number of carbonyl (C=O) groups is 3. The van der Waals surface area contributed by atoms with E-state index in [-0.39, 0.29) is 40.7 Å². The van der Waals surface area contributed by atoms with Gasteiger partial charge in [0.2, 0.25) is 5.78 Å². The van der Waals surface area contributed by atoms with Crippen LogP contribution in [0.25, 0.3) is 0 Å². The summed E-state index contributed by atoms with van der Waals surface area (Å²) in [6.07, 6.45) is 13.0. The first-order valence-corrected chi connectivity index (χ1v) is 18.4. The van der Waals surface area contributed by atoms with Crippen molar-refractivity contribution in [2.75, 3.05) is 0 Å². The van der Waals surface area contributed by atoms with Gasteiger partial charge in [-0.05, 0) is 127 Å². The van der Waals surface area contributed by atoms with Crippen LogP contribution in [0.3, 0.4) is 0 Å². The molecule has 1 amide bonds. The molecule has 1 aromatic rings. The average Bonchev–Trinajstić information content (AvgIpc) is 3.67. The predicted molar refractivity (Wildman–Crippen MR) is 182 cm³/mol. The molecular weight excluding hydrogens is 578 g/mol. The maximum absolute atomic E-state index is 14.6. The molecule has 0 heterocycles. The third-order valence-electron chi connectivity index (χ3n) is 14.1. The van der Waals surface area contributed by atoms with Crippen molar-refractivity contribution in [2.24, 2.45) is 45.3 Å². The van der Waals surface area contributed by atoms with Crippen molar-refractivity contribution in [3.63, 3.8) is 0 Å². The topological polar surface area (TPSA) is 63.2 Å². The van der Waals surface area contributed by atoms with Crippen LogP contribution in [0.5, 0.6) is 0 Å². The molecule has 0 bridgehead atoms. The molecule has 0 aliphatic heterocycles. The van der Waals surface area contributed by atoms with Gasteiger partial charge in [0.25, 0.3) is 5.91 Å². The third-order valence-corrected chi connectivity index (χ3v) is 14.4. The predicted octanol–water partition coefficient (Wildman–Crippen LogP) is 9.78. The number of halogens is 1. The van der Waals surface area contributed by atoms with Gasteiger partial charge in [0.15, 0.2) is 5.78 Å². The highest BCUT2D eigenvalue weighted by Gasteiger charge is 2.67. The second-order valence-electron chi connectivity index (χ2n) is 17.5. The first-order valence-electron chi connectivity index (χ1n) is 18.0. The van der Waals surface area contributed by atoms with Crippen molar-refractivity contribution < 1.29 is 14.4 Å². The summed E-state index contributed by atoms with van der Waals surface area (Å²) in [7, 11) is 0.